The topological polar surface area (TPSA) is 19.4 Å². The fraction of sp³-hybridized carbons (Fsp3) is 0.421. The van der Waals surface area contributed by atoms with Gasteiger partial charge in [-0.05, 0) is 55.6 Å². The Balaban J connectivity index is 1.56. The molecule has 0 bridgehead atoms. The van der Waals surface area contributed by atoms with Gasteiger partial charge in [-0.3, -0.25) is 9.88 Å². The van der Waals surface area contributed by atoms with Crippen LogP contribution < -0.4 is 4.90 Å². The van der Waals surface area contributed by atoms with Gasteiger partial charge in [-0.25, -0.2) is 0 Å². The van der Waals surface area contributed by atoms with E-state index in [4.69, 9.17) is 0 Å². The Morgan fingerprint density at radius 2 is 1.68 bits per heavy atom. The Kier molecular flexibility index (Phi) is 5.07. The number of hydrogen-bond donors (Lipinski definition) is 0. The summed E-state index contributed by atoms with van der Waals surface area (Å²) in [5.74, 6) is 0. The molecule has 1 aliphatic heterocycles. The number of benzene rings is 1. The van der Waals surface area contributed by atoms with Gasteiger partial charge in [0.25, 0.3) is 0 Å². The zero-order chi connectivity index (χ0) is 15.2. The molecule has 0 radical (unpaired) electrons. The molecule has 3 heteroatoms. The summed E-state index contributed by atoms with van der Waals surface area (Å²) in [7, 11) is 2.16. The standard InChI is InChI=1S/C19H25N3/c1-21(16-18-6-5-11-20-14-18)15-17-7-9-19(10-8-17)22-12-3-2-4-13-22/h5-11,14H,2-4,12-13,15-16H2,1H3. The van der Waals surface area contributed by atoms with Gasteiger partial charge >= 0.3 is 0 Å². The van der Waals surface area contributed by atoms with E-state index in [1.54, 1.807) is 0 Å². The molecule has 1 aliphatic rings. The minimum Gasteiger partial charge on any atom is -0.372 e. The molecule has 3 rings (SSSR count). The van der Waals surface area contributed by atoms with E-state index in [2.05, 4.69) is 52.2 Å². The second-order valence-electron chi connectivity index (χ2n) is 6.25. The van der Waals surface area contributed by atoms with E-state index >= 15 is 0 Å². The Bertz CT molecular complexity index is 559. The van der Waals surface area contributed by atoms with Gasteiger partial charge < -0.3 is 4.90 Å². The van der Waals surface area contributed by atoms with Crippen LogP contribution in [0.25, 0.3) is 0 Å². The Morgan fingerprint density at radius 3 is 2.36 bits per heavy atom. The number of aromatic nitrogens is 1. The molecule has 0 amide bonds. The number of hydrogen-bond acceptors (Lipinski definition) is 3. The molecular weight excluding hydrogens is 270 g/mol. The maximum absolute atomic E-state index is 4.18. The first-order valence-electron chi connectivity index (χ1n) is 8.22. The second kappa shape index (κ2) is 7.41. The molecule has 1 fully saturated rings. The Hall–Kier alpha value is -1.87. The van der Waals surface area contributed by atoms with Gasteiger partial charge in [0, 0.05) is 44.3 Å². The highest BCUT2D eigenvalue weighted by Crippen LogP contribution is 2.20. The molecule has 116 valence electrons. The van der Waals surface area contributed by atoms with Crippen LogP contribution in [0, 0.1) is 0 Å². The van der Waals surface area contributed by atoms with Crippen LogP contribution in [-0.2, 0) is 13.1 Å². The first-order chi connectivity index (χ1) is 10.8. The lowest BCUT2D eigenvalue weighted by Crippen LogP contribution is -2.29. The van der Waals surface area contributed by atoms with Crippen LogP contribution in [0.15, 0.2) is 48.8 Å². The summed E-state index contributed by atoms with van der Waals surface area (Å²) in [6.45, 7) is 4.32. The first-order valence-corrected chi connectivity index (χ1v) is 8.22. The Morgan fingerprint density at radius 1 is 0.955 bits per heavy atom. The van der Waals surface area contributed by atoms with Crippen LogP contribution in [0.1, 0.15) is 30.4 Å². The molecule has 1 saturated heterocycles. The van der Waals surface area contributed by atoms with Gasteiger partial charge in [0.2, 0.25) is 0 Å². The van der Waals surface area contributed by atoms with Crippen LogP contribution in [0.5, 0.6) is 0 Å². The first kappa shape index (κ1) is 15.0. The van der Waals surface area contributed by atoms with E-state index in [-0.39, 0.29) is 0 Å². The summed E-state index contributed by atoms with van der Waals surface area (Å²) in [6.07, 6.45) is 7.80. The number of anilines is 1. The zero-order valence-corrected chi connectivity index (χ0v) is 13.4. The van der Waals surface area contributed by atoms with Crippen LogP contribution in [0.3, 0.4) is 0 Å². The number of nitrogens with zero attached hydrogens (tertiary/aromatic N) is 3. The van der Waals surface area contributed by atoms with Crippen molar-refractivity contribution in [3.8, 4) is 0 Å². The third-order valence-electron chi connectivity index (χ3n) is 4.29. The van der Waals surface area contributed by atoms with Crippen molar-refractivity contribution in [1.82, 2.24) is 9.88 Å². The maximum Gasteiger partial charge on any atom is 0.0366 e. The van der Waals surface area contributed by atoms with E-state index < -0.39 is 0 Å². The normalized spacial score (nSPS) is 15.3. The van der Waals surface area contributed by atoms with Crippen molar-refractivity contribution in [2.45, 2.75) is 32.4 Å². The summed E-state index contributed by atoms with van der Waals surface area (Å²) in [5, 5.41) is 0. The van der Waals surface area contributed by atoms with E-state index in [9.17, 15) is 0 Å². The monoisotopic (exact) mass is 295 g/mol. The molecule has 0 unspecified atom stereocenters. The minimum absolute atomic E-state index is 0.932. The fourth-order valence-electron chi connectivity index (χ4n) is 3.14. The average molecular weight is 295 g/mol. The fourth-order valence-corrected chi connectivity index (χ4v) is 3.14. The number of piperidine rings is 1. The average Bonchev–Trinajstić information content (AvgIpc) is 2.57. The van der Waals surface area contributed by atoms with E-state index in [1.165, 1.54) is 49.2 Å². The Labute approximate surface area is 133 Å². The lowest BCUT2D eigenvalue weighted by molar-refractivity contribution is 0.318. The third-order valence-corrected chi connectivity index (χ3v) is 4.29. The molecule has 3 nitrogen and oxygen atoms in total. The highest BCUT2D eigenvalue weighted by Gasteiger charge is 2.10. The molecule has 0 atom stereocenters. The molecule has 0 spiro atoms. The van der Waals surface area contributed by atoms with Crippen LogP contribution in [-0.4, -0.2) is 30.0 Å². The number of pyridine rings is 1. The van der Waals surface area contributed by atoms with Crippen molar-refractivity contribution in [2.75, 3.05) is 25.0 Å². The van der Waals surface area contributed by atoms with E-state index in [1.807, 2.05) is 18.5 Å². The quantitative estimate of drug-likeness (QED) is 0.838. The predicted molar refractivity (Wildman–Crippen MR) is 91.9 cm³/mol. The van der Waals surface area contributed by atoms with E-state index in [0.717, 1.165) is 13.1 Å². The largest absolute Gasteiger partial charge is 0.372 e. The summed E-state index contributed by atoms with van der Waals surface area (Å²) in [6, 6.07) is 13.2. The molecule has 2 aromatic rings. The SMILES string of the molecule is CN(Cc1ccc(N2CCCCC2)cc1)Cc1cccnc1. The summed E-state index contributed by atoms with van der Waals surface area (Å²) in [4.78, 5) is 9.01. The van der Waals surface area contributed by atoms with Crippen molar-refractivity contribution < 1.29 is 0 Å². The highest BCUT2D eigenvalue weighted by atomic mass is 15.1. The lowest BCUT2D eigenvalue weighted by Gasteiger charge is -2.29. The van der Waals surface area contributed by atoms with E-state index in [0.29, 0.717) is 0 Å². The summed E-state index contributed by atoms with van der Waals surface area (Å²) in [5.41, 5.74) is 4.00. The van der Waals surface area contributed by atoms with Crippen molar-refractivity contribution in [3.63, 3.8) is 0 Å². The van der Waals surface area contributed by atoms with Crippen molar-refractivity contribution in [2.24, 2.45) is 0 Å². The maximum atomic E-state index is 4.18. The van der Waals surface area contributed by atoms with Crippen LogP contribution >= 0.6 is 0 Å². The van der Waals surface area contributed by atoms with Gasteiger partial charge in [0.15, 0.2) is 0 Å². The zero-order valence-electron chi connectivity index (χ0n) is 13.4. The molecule has 1 aromatic carbocycles. The van der Waals surface area contributed by atoms with Gasteiger partial charge in [-0.15, -0.1) is 0 Å². The van der Waals surface area contributed by atoms with Crippen LogP contribution in [0.2, 0.25) is 0 Å². The number of rotatable bonds is 5. The van der Waals surface area contributed by atoms with Gasteiger partial charge in [0.1, 0.15) is 0 Å². The van der Waals surface area contributed by atoms with Crippen molar-refractivity contribution in [3.05, 3.63) is 59.9 Å². The third kappa shape index (κ3) is 4.08. The van der Waals surface area contributed by atoms with Crippen molar-refractivity contribution >= 4 is 5.69 Å². The lowest BCUT2D eigenvalue weighted by atomic mass is 10.1. The summed E-state index contributed by atoms with van der Waals surface area (Å²) >= 11 is 0. The van der Waals surface area contributed by atoms with Gasteiger partial charge in [-0.2, -0.15) is 0 Å². The summed E-state index contributed by atoms with van der Waals surface area (Å²) < 4.78 is 0. The van der Waals surface area contributed by atoms with Crippen molar-refractivity contribution in [1.29, 1.82) is 0 Å². The molecule has 0 saturated carbocycles. The van der Waals surface area contributed by atoms with Crippen LogP contribution in [0.4, 0.5) is 5.69 Å². The smallest absolute Gasteiger partial charge is 0.0366 e. The van der Waals surface area contributed by atoms with Gasteiger partial charge in [0.05, 0.1) is 0 Å². The second-order valence-corrected chi connectivity index (χ2v) is 6.25. The molecule has 1 aromatic heterocycles. The molecule has 0 aliphatic carbocycles. The molecule has 0 N–H and O–H groups in total. The highest BCUT2D eigenvalue weighted by molar-refractivity contribution is 5.47. The molecule has 2 heterocycles. The van der Waals surface area contributed by atoms with Gasteiger partial charge in [-0.1, -0.05) is 18.2 Å². The predicted octanol–water partition coefficient (Wildman–Crippen LogP) is 3.70. The molecule has 22 heavy (non-hydrogen) atoms. The molecular formula is C19H25N3. The minimum atomic E-state index is 0.932.